The van der Waals surface area contributed by atoms with Gasteiger partial charge in [0.25, 0.3) is 0 Å². The zero-order valence-corrected chi connectivity index (χ0v) is 11.5. The van der Waals surface area contributed by atoms with E-state index in [1.165, 1.54) is 36.8 Å². The zero-order valence-electron chi connectivity index (χ0n) is 11.5. The molecule has 2 heteroatoms. The summed E-state index contributed by atoms with van der Waals surface area (Å²) in [7, 11) is 0. The number of ether oxygens (including phenoxy) is 1. The summed E-state index contributed by atoms with van der Waals surface area (Å²) in [6, 6.07) is 7.54. The van der Waals surface area contributed by atoms with Crippen LogP contribution >= 0.6 is 0 Å². The Labute approximate surface area is 110 Å². The maximum Gasteiger partial charge on any atom is 0.122 e. The maximum absolute atomic E-state index is 5.62. The van der Waals surface area contributed by atoms with Gasteiger partial charge in [-0.15, -0.1) is 0 Å². The topological polar surface area (TPSA) is 21.3 Å². The summed E-state index contributed by atoms with van der Waals surface area (Å²) in [5.74, 6) is 1.03. The molecule has 0 heterocycles. The number of hydrogen-bond donors (Lipinski definition) is 1. The Morgan fingerprint density at radius 3 is 2.67 bits per heavy atom. The van der Waals surface area contributed by atoms with E-state index in [1.807, 2.05) is 6.92 Å². The molecular formula is C16H23NO. The van der Waals surface area contributed by atoms with Gasteiger partial charge in [0, 0.05) is 18.0 Å². The van der Waals surface area contributed by atoms with Gasteiger partial charge in [-0.25, -0.2) is 0 Å². The fourth-order valence-electron chi connectivity index (χ4n) is 2.64. The Kier molecular flexibility index (Phi) is 3.06. The predicted molar refractivity (Wildman–Crippen MR) is 74.3 cm³/mol. The maximum atomic E-state index is 5.62. The molecular weight excluding hydrogens is 222 g/mol. The van der Waals surface area contributed by atoms with Gasteiger partial charge in [0.1, 0.15) is 5.75 Å². The van der Waals surface area contributed by atoms with Crippen LogP contribution in [0.1, 0.15) is 43.7 Å². The molecule has 0 atom stereocenters. The second-order valence-corrected chi connectivity index (χ2v) is 5.85. The largest absolute Gasteiger partial charge is 0.494 e. The lowest BCUT2D eigenvalue weighted by atomic mass is 9.94. The summed E-state index contributed by atoms with van der Waals surface area (Å²) in [6.07, 6.45) is 5.41. The molecule has 1 aromatic carbocycles. The molecule has 0 bridgehead atoms. The van der Waals surface area contributed by atoms with Gasteiger partial charge in [0.05, 0.1) is 6.61 Å². The van der Waals surface area contributed by atoms with E-state index in [4.69, 9.17) is 4.74 Å². The van der Waals surface area contributed by atoms with Crippen LogP contribution in [0.5, 0.6) is 5.75 Å². The minimum absolute atomic E-state index is 0.429. The molecule has 0 unspecified atom stereocenters. The third-order valence-electron chi connectivity index (χ3n) is 4.25. The molecule has 1 aromatic rings. The van der Waals surface area contributed by atoms with Gasteiger partial charge in [-0.2, -0.15) is 0 Å². The minimum Gasteiger partial charge on any atom is -0.494 e. The van der Waals surface area contributed by atoms with E-state index in [9.17, 15) is 0 Å². The Morgan fingerprint density at radius 1 is 1.33 bits per heavy atom. The van der Waals surface area contributed by atoms with Gasteiger partial charge in [-0.1, -0.05) is 12.1 Å². The number of rotatable bonds is 6. The van der Waals surface area contributed by atoms with Crippen LogP contribution in [0.2, 0.25) is 0 Å². The van der Waals surface area contributed by atoms with Crippen LogP contribution in [-0.2, 0) is 5.41 Å². The van der Waals surface area contributed by atoms with Crippen molar-refractivity contribution in [2.45, 2.75) is 51.0 Å². The van der Waals surface area contributed by atoms with E-state index in [0.717, 1.165) is 24.9 Å². The van der Waals surface area contributed by atoms with Crippen molar-refractivity contribution in [1.82, 2.24) is 5.32 Å². The van der Waals surface area contributed by atoms with E-state index in [2.05, 4.69) is 30.4 Å². The molecule has 0 aliphatic heterocycles. The van der Waals surface area contributed by atoms with Gasteiger partial charge in [-0.05, 0) is 56.7 Å². The smallest absolute Gasteiger partial charge is 0.122 e. The molecule has 0 radical (unpaired) electrons. The molecule has 3 rings (SSSR count). The van der Waals surface area contributed by atoms with E-state index < -0.39 is 0 Å². The van der Waals surface area contributed by atoms with Crippen LogP contribution in [0.25, 0.3) is 0 Å². The highest BCUT2D eigenvalue weighted by Gasteiger charge is 2.44. The summed E-state index contributed by atoms with van der Waals surface area (Å²) in [5.41, 5.74) is 3.20. The molecule has 0 amide bonds. The van der Waals surface area contributed by atoms with Crippen molar-refractivity contribution in [3.05, 3.63) is 29.3 Å². The Hall–Kier alpha value is -1.02. The first-order valence-corrected chi connectivity index (χ1v) is 7.21. The van der Waals surface area contributed by atoms with Crippen LogP contribution in [-0.4, -0.2) is 19.2 Å². The third-order valence-corrected chi connectivity index (χ3v) is 4.25. The van der Waals surface area contributed by atoms with Crippen LogP contribution in [0.3, 0.4) is 0 Å². The second kappa shape index (κ2) is 4.58. The van der Waals surface area contributed by atoms with Crippen molar-refractivity contribution >= 4 is 0 Å². The average molecular weight is 245 g/mol. The highest BCUT2D eigenvalue weighted by molar-refractivity contribution is 5.42. The lowest BCUT2D eigenvalue weighted by molar-refractivity contribution is 0.337. The summed E-state index contributed by atoms with van der Waals surface area (Å²) in [4.78, 5) is 0. The van der Waals surface area contributed by atoms with Gasteiger partial charge in [0.2, 0.25) is 0 Å². The lowest BCUT2D eigenvalue weighted by Crippen LogP contribution is -2.28. The first kappa shape index (κ1) is 12.0. The van der Waals surface area contributed by atoms with Crippen LogP contribution in [0.4, 0.5) is 0 Å². The van der Waals surface area contributed by atoms with Crippen molar-refractivity contribution in [3.63, 3.8) is 0 Å². The Balaban J connectivity index is 1.72. The summed E-state index contributed by atoms with van der Waals surface area (Å²) in [5, 5.41) is 3.69. The Morgan fingerprint density at radius 2 is 2.11 bits per heavy atom. The van der Waals surface area contributed by atoms with Crippen LogP contribution in [0.15, 0.2) is 18.2 Å². The van der Waals surface area contributed by atoms with Gasteiger partial charge < -0.3 is 10.1 Å². The van der Waals surface area contributed by atoms with Crippen molar-refractivity contribution in [1.29, 1.82) is 0 Å². The SMILES string of the molecule is CCOc1ccc(C2(CNC3CC3)CC2)cc1C. The lowest BCUT2D eigenvalue weighted by Gasteiger charge is -2.18. The molecule has 98 valence electrons. The highest BCUT2D eigenvalue weighted by Crippen LogP contribution is 2.48. The fraction of sp³-hybridized carbons (Fsp3) is 0.625. The molecule has 0 aromatic heterocycles. The molecule has 18 heavy (non-hydrogen) atoms. The monoisotopic (exact) mass is 245 g/mol. The quantitative estimate of drug-likeness (QED) is 0.831. The van der Waals surface area contributed by atoms with Crippen molar-refractivity contribution in [3.8, 4) is 5.75 Å². The highest BCUT2D eigenvalue weighted by atomic mass is 16.5. The van der Waals surface area contributed by atoms with E-state index in [1.54, 1.807) is 0 Å². The summed E-state index contributed by atoms with van der Waals surface area (Å²) < 4.78 is 5.62. The number of benzene rings is 1. The average Bonchev–Trinajstić information content (AvgIpc) is 3.25. The standard InChI is InChI=1S/C16H23NO/c1-3-18-15-7-4-13(10-12(15)2)16(8-9-16)11-17-14-5-6-14/h4,7,10,14,17H,3,5-6,8-9,11H2,1-2H3. The van der Waals surface area contributed by atoms with Gasteiger partial charge >= 0.3 is 0 Å². The molecule has 2 aliphatic rings. The number of aryl methyl sites for hydroxylation is 1. The summed E-state index contributed by atoms with van der Waals surface area (Å²) >= 11 is 0. The van der Waals surface area contributed by atoms with Crippen molar-refractivity contribution in [2.75, 3.05) is 13.2 Å². The molecule has 0 spiro atoms. The van der Waals surface area contributed by atoms with Crippen molar-refractivity contribution in [2.24, 2.45) is 0 Å². The minimum atomic E-state index is 0.429. The number of nitrogens with one attached hydrogen (secondary N) is 1. The van der Waals surface area contributed by atoms with Crippen LogP contribution < -0.4 is 10.1 Å². The van der Waals surface area contributed by atoms with Gasteiger partial charge in [-0.3, -0.25) is 0 Å². The molecule has 0 saturated heterocycles. The molecule has 2 aliphatic carbocycles. The van der Waals surface area contributed by atoms with Crippen molar-refractivity contribution < 1.29 is 4.74 Å². The first-order chi connectivity index (χ1) is 8.73. The molecule has 1 N–H and O–H groups in total. The molecule has 2 saturated carbocycles. The summed E-state index contributed by atoms with van der Waals surface area (Å²) in [6.45, 7) is 6.09. The second-order valence-electron chi connectivity index (χ2n) is 5.85. The van der Waals surface area contributed by atoms with E-state index in [0.29, 0.717) is 5.41 Å². The predicted octanol–water partition coefficient (Wildman–Crippen LogP) is 3.18. The molecule has 2 nitrogen and oxygen atoms in total. The Bertz CT molecular complexity index is 433. The number of hydrogen-bond acceptors (Lipinski definition) is 2. The first-order valence-electron chi connectivity index (χ1n) is 7.21. The van der Waals surface area contributed by atoms with Crippen LogP contribution in [0, 0.1) is 6.92 Å². The fourth-order valence-corrected chi connectivity index (χ4v) is 2.64. The zero-order chi connectivity index (χ0) is 12.6. The third kappa shape index (κ3) is 2.39. The normalized spacial score (nSPS) is 20.8. The van der Waals surface area contributed by atoms with E-state index >= 15 is 0 Å². The van der Waals surface area contributed by atoms with E-state index in [-0.39, 0.29) is 0 Å². The van der Waals surface area contributed by atoms with Gasteiger partial charge in [0.15, 0.2) is 0 Å². The molecule has 2 fully saturated rings.